The standard InChI is InChI=1S/C13H16N4OS2/c18-10-6-20-13-11(16-10)12(14-7-15-13)17-2-1-8-4-19-5-9(8)3-17/h7-9H,1-6H2,(H,16,18). The average Bonchev–Trinajstić information content (AvgIpc) is 2.94. The van der Waals surface area contributed by atoms with Crippen molar-refractivity contribution in [3.63, 3.8) is 0 Å². The van der Waals surface area contributed by atoms with Gasteiger partial charge in [0, 0.05) is 13.1 Å². The number of aromatic nitrogens is 2. The molecule has 3 aliphatic rings. The minimum absolute atomic E-state index is 0.0462. The predicted octanol–water partition coefficient (Wildman–Crippen LogP) is 1.71. The van der Waals surface area contributed by atoms with E-state index >= 15 is 0 Å². The molecule has 2 fully saturated rings. The van der Waals surface area contributed by atoms with E-state index in [0.29, 0.717) is 5.75 Å². The molecule has 0 saturated carbocycles. The van der Waals surface area contributed by atoms with Gasteiger partial charge in [0.2, 0.25) is 5.91 Å². The molecular formula is C13H16N4OS2. The van der Waals surface area contributed by atoms with Crippen molar-refractivity contribution in [3.8, 4) is 0 Å². The Morgan fingerprint density at radius 3 is 3.15 bits per heavy atom. The Balaban J connectivity index is 1.64. The Morgan fingerprint density at radius 2 is 2.20 bits per heavy atom. The molecule has 2 saturated heterocycles. The van der Waals surface area contributed by atoms with Crippen molar-refractivity contribution in [1.29, 1.82) is 0 Å². The summed E-state index contributed by atoms with van der Waals surface area (Å²) in [7, 11) is 0. The summed E-state index contributed by atoms with van der Waals surface area (Å²) in [6.45, 7) is 2.09. The summed E-state index contributed by atoms with van der Waals surface area (Å²) in [5.74, 6) is 5.62. The lowest BCUT2D eigenvalue weighted by Gasteiger charge is -2.36. The molecule has 2 unspecified atom stereocenters. The molecule has 106 valence electrons. The van der Waals surface area contributed by atoms with Gasteiger partial charge >= 0.3 is 0 Å². The fourth-order valence-electron chi connectivity index (χ4n) is 3.18. The number of piperidine rings is 1. The van der Waals surface area contributed by atoms with Gasteiger partial charge in [-0.15, -0.1) is 0 Å². The Morgan fingerprint density at radius 1 is 1.30 bits per heavy atom. The van der Waals surface area contributed by atoms with Crippen LogP contribution in [0.1, 0.15) is 6.42 Å². The van der Waals surface area contributed by atoms with E-state index in [1.165, 1.54) is 29.7 Å². The smallest absolute Gasteiger partial charge is 0.234 e. The largest absolute Gasteiger partial charge is 0.354 e. The van der Waals surface area contributed by atoms with E-state index in [1.807, 2.05) is 0 Å². The highest BCUT2D eigenvalue weighted by Crippen LogP contribution is 2.40. The third-order valence-corrected chi connectivity index (χ3v) is 6.57. The number of fused-ring (bicyclic) bond motifs is 2. The summed E-state index contributed by atoms with van der Waals surface area (Å²) in [6.07, 6.45) is 2.85. The minimum atomic E-state index is 0.0462. The number of carbonyl (C=O) groups is 1. The summed E-state index contributed by atoms with van der Waals surface area (Å²) in [5.41, 5.74) is 0.817. The monoisotopic (exact) mass is 308 g/mol. The second kappa shape index (κ2) is 5.11. The number of hydrogen-bond donors (Lipinski definition) is 1. The lowest BCUT2D eigenvalue weighted by atomic mass is 9.89. The molecule has 0 spiro atoms. The minimum Gasteiger partial charge on any atom is -0.354 e. The lowest BCUT2D eigenvalue weighted by molar-refractivity contribution is -0.113. The summed E-state index contributed by atoms with van der Waals surface area (Å²) in [5, 5.41) is 3.85. The number of thioether (sulfide) groups is 2. The van der Waals surface area contributed by atoms with Gasteiger partial charge in [0.1, 0.15) is 17.0 Å². The summed E-state index contributed by atoms with van der Waals surface area (Å²) in [4.78, 5) is 22.7. The summed E-state index contributed by atoms with van der Waals surface area (Å²) < 4.78 is 0. The highest BCUT2D eigenvalue weighted by Gasteiger charge is 2.35. The van der Waals surface area contributed by atoms with E-state index in [4.69, 9.17) is 0 Å². The first-order chi connectivity index (χ1) is 9.81. The maximum atomic E-state index is 11.6. The molecule has 7 heteroatoms. The maximum Gasteiger partial charge on any atom is 0.234 e. The van der Waals surface area contributed by atoms with E-state index in [-0.39, 0.29) is 5.91 Å². The highest BCUT2D eigenvalue weighted by molar-refractivity contribution is 8.00. The predicted molar refractivity (Wildman–Crippen MR) is 82.5 cm³/mol. The van der Waals surface area contributed by atoms with Gasteiger partial charge in [-0.3, -0.25) is 4.79 Å². The molecule has 0 aromatic carbocycles. The van der Waals surface area contributed by atoms with E-state index in [1.54, 1.807) is 6.33 Å². The molecule has 1 amide bonds. The second-order valence-electron chi connectivity index (χ2n) is 5.51. The van der Waals surface area contributed by atoms with E-state index in [0.717, 1.165) is 41.5 Å². The molecule has 4 rings (SSSR count). The van der Waals surface area contributed by atoms with Gasteiger partial charge in [-0.1, -0.05) is 11.8 Å². The fourth-order valence-corrected chi connectivity index (χ4v) is 5.49. The van der Waals surface area contributed by atoms with Crippen molar-refractivity contribution in [2.45, 2.75) is 11.4 Å². The Kier molecular flexibility index (Phi) is 3.26. The van der Waals surface area contributed by atoms with Crippen LogP contribution in [-0.4, -0.2) is 46.2 Å². The third kappa shape index (κ3) is 2.16. The number of hydrogen-bond acceptors (Lipinski definition) is 6. The van der Waals surface area contributed by atoms with Crippen LogP contribution >= 0.6 is 23.5 Å². The molecule has 5 nitrogen and oxygen atoms in total. The summed E-state index contributed by atoms with van der Waals surface area (Å²) >= 11 is 3.57. The van der Waals surface area contributed by atoms with Crippen molar-refractivity contribution in [1.82, 2.24) is 9.97 Å². The Hall–Kier alpha value is -0.950. The lowest BCUT2D eigenvalue weighted by Crippen LogP contribution is -2.41. The number of nitrogens with one attached hydrogen (secondary N) is 1. The molecule has 0 radical (unpaired) electrons. The van der Waals surface area contributed by atoms with Crippen molar-refractivity contribution in [2.24, 2.45) is 11.8 Å². The van der Waals surface area contributed by atoms with E-state index in [9.17, 15) is 4.79 Å². The first-order valence-corrected chi connectivity index (χ1v) is 9.05. The van der Waals surface area contributed by atoms with Gasteiger partial charge in [-0.25, -0.2) is 9.97 Å². The SMILES string of the molecule is O=C1CSc2ncnc(N3CCC4CSCC4C3)c2N1. The molecule has 0 aliphatic carbocycles. The normalized spacial score (nSPS) is 28.8. The number of carbonyl (C=O) groups excluding carboxylic acids is 1. The number of anilines is 2. The van der Waals surface area contributed by atoms with Crippen LogP contribution in [0.3, 0.4) is 0 Å². The second-order valence-corrected chi connectivity index (χ2v) is 7.55. The van der Waals surface area contributed by atoms with Gasteiger partial charge in [-0.05, 0) is 29.8 Å². The van der Waals surface area contributed by atoms with Crippen molar-refractivity contribution in [2.75, 3.05) is 40.6 Å². The zero-order chi connectivity index (χ0) is 13.5. The molecule has 1 aromatic heterocycles. The van der Waals surface area contributed by atoms with Crippen LogP contribution in [0.25, 0.3) is 0 Å². The van der Waals surface area contributed by atoms with Crippen LogP contribution in [0.5, 0.6) is 0 Å². The van der Waals surface area contributed by atoms with E-state index in [2.05, 4.69) is 31.9 Å². The fraction of sp³-hybridized carbons (Fsp3) is 0.615. The molecule has 2 atom stereocenters. The quantitative estimate of drug-likeness (QED) is 0.797. The van der Waals surface area contributed by atoms with Crippen molar-refractivity contribution >= 4 is 40.9 Å². The molecular weight excluding hydrogens is 292 g/mol. The van der Waals surface area contributed by atoms with Gasteiger partial charge in [0.15, 0.2) is 5.82 Å². The first kappa shape index (κ1) is 12.8. The topological polar surface area (TPSA) is 58.1 Å². The number of nitrogens with zero attached hydrogens (tertiary/aromatic N) is 3. The number of amides is 1. The maximum absolute atomic E-state index is 11.6. The van der Waals surface area contributed by atoms with Gasteiger partial charge < -0.3 is 10.2 Å². The first-order valence-electron chi connectivity index (χ1n) is 6.91. The van der Waals surface area contributed by atoms with Gasteiger partial charge in [0.25, 0.3) is 0 Å². The zero-order valence-electron chi connectivity index (χ0n) is 11.0. The molecule has 1 aromatic rings. The van der Waals surface area contributed by atoms with Crippen LogP contribution in [0.15, 0.2) is 11.4 Å². The highest BCUT2D eigenvalue weighted by atomic mass is 32.2. The van der Waals surface area contributed by atoms with Crippen LogP contribution in [0, 0.1) is 11.8 Å². The van der Waals surface area contributed by atoms with Crippen molar-refractivity contribution in [3.05, 3.63) is 6.33 Å². The Bertz CT molecular complexity index is 553. The zero-order valence-corrected chi connectivity index (χ0v) is 12.7. The van der Waals surface area contributed by atoms with Gasteiger partial charge in [-0.2, -0.15) is 11.8 Å². The molecule has 0 bridgehead atoms. The molecule has 4 heterocycles. The molecule has 3 aliphatic heterocycles. The molecule has 20 heavy (non-hydrogen) atoms. The van der Waals surface area contributed by atoms with Gasteiger partial charge in [0.05, 0.1) is 5.75 Å². The van der Waals surface area contributed by atoms with Crippen LogP contribution in [-0.2, 0) is 4.79 Å². The third-order valence-electron chi connectivity index (χ3n) is 4.25. The molecule has 1 N–H and O–H groups in total. The number of rotatable bonds is 1. The van der Waals surface area contributed by atoms with Crippen LogP contribution in [0.4, 0.5) is 11.5 Å². The van der Waals surface area contributed by atoms with Crippen molar-refractivity contribution < 1.29 is 4.79 Å². The van der Waals surface area contributed by atoms with E-state index < -0.39 is 0 Å². The van der Waals surface area contributed by atoms with Crippen LogP contribution in [0.2, 0.25) is 0 Å². The van der Waals surface area contributed by atoms with Crippen LogP contribution < -0.4 is 10.2 Å². The average molecular weight is 308 g/mol. The Labute approximate surface area is 126 Å². The summed E-state index contributed by atoms with van der Waals surface area (Å²) in [6, 6.07) is 0.